The zero-order valence-electron chi connectivity index (χ0n) is 14.8. The summed E-state index contributed by atoms with van der Waals surface area (Å²) in [5, 5.41) is 0. The van der Waals surface area contributed by atoms with Crippen molar-refractivity contribution in [2.75, 3.05) is 6.61 Å². The van der Waals surface area contributed by atoms with Crippen molar-refractivity contribution in [3.05, 3.63) is 70.2 Å². The summed E-state index contributed by atoms with van der Waals surface area (Å²) < 4.78 is 6.01. The van der Waals surface area contributed by atoms with Gasteiger partial charge in [-0.2, -0.15) is 4.98 Å². The highest BCUT2D eigenvalue weighted by Crippen LogP contribution is 2.46. The smallest absolute Gasteiger partial charge is 0.226 e. The monoisotopic (exact) mass is 348 g/mol. The summed E-state index contributed by atoms with van der Waals surface area (Å²) in [7, 11) is 0. The van der Waals surface area contributed by atoms with Gasteiger partial charge in [0, 0.05) is 48.3 Å². The molecular weight excluding hydrogens is 328 g/mol. The summed E-state index contributed by atoms with van der Waals surface area (Å²) in [6.07, 6.45) is 6.27. The normalized spacial score (nSPS) is 18.5. The summed E-state index contributed by atoms with van der Waals surface area (Å²) in [5.74, 6) is 2.01. The van der Waals surface area contributed by atoms with Crippen LogP contribution in [0.5, 0.6) is 5.88 Å². The Morgan fingerprint density at radius 2 is 2.08 bits per heavy atom. The molecule has 0 saturated heterocycles. The zero-order chi connectivity index (χ0) is 18.1. The van der Waals surface area contributed by atoms with E-state index < -0.39 is 0 Å². The van der Waals surface area contributed by atoms with Gasteiger partial charge in [0.05, 0.1) is 17.9 Å². The first kappa shape index (κ1) is 16.4. The number of hydrogen-bond donors (Lipinski definition) is 1. The molecule has 6 nitrogen and oxygen atoms in total. The van der Waals surface area contributed by atoms with Crippen molar-refractivity contribution in [3.63, 3.8) is 0 Å². The standard InChI is InChI=1S/C20H20N4O2/c1-12-3-4-18(23-9-12)16-7-14(16)11-26-20-17(10-22-13(2)24-20)19-8-15(25)5-6-21-19/h3-6,8-10,14,16H,7,11H2,1-2H3,(H,21,25)/t14?,16-/m1/s1. The van der Waals surface area contributed by atoms with Crippen LogP contribution in [0.2, 0.25) is 0 Å². The van der Waals surface area contributed by atoms with Crippen LogP contribution in [-0.4, -0.2) is 26.5 Å². The van der Waals surface area contributed by atoms with E-state index in [1.807, 2.05) is 20.0 Å². The van der Waals surface area contributed by atoms with Gasteiger partial charge in [-0.25, -0.2) is 4.98 Å². The number of aromatic amines is 1. The molecule has 132 valence electrons. The van der Waals surface area contributed by atoms with Crippen molar-refractivity contribution in [1.29, 1.82) is 0 Å². The third-order valence-corrected chi connectivity index (χ3v) is 4.61. The first-order valence-corrected chi connectivity index (χ1v) is 8.68. The molecule has 1 fully saturated rings. The van der Waals surface area contributed by atoms with E-state index in [1.165, 1.54) is 17.7 Å². The summed E-state index contributed by atoms with van der Waals surface area (Å²) in [6, 6.07) is 7.19. The van der Waals surface area contributed by atoms with Crippen LogP contribution in [0.4, 0.5) is 0 Å². The molecule has 3 aromatic rings. The Balaban J connectivity index is 1.49. The molecule has 26 heavy (non-hydrogen) atoms. The molecule has 0 spiro atoms. The minimum absolute atomic E-state index is 0.0713. The van der Waals surface area contributed by atoms with Crippen molar-refractivity contribution in [2.24, 2.45) is 5.92 Å². The minimum Gasteiger partial charge on any atom is -0.477 e. The van der Waals surface area contributed by atoms with Crippen LogP contribution in [0, 0.1) is 19.8 Å². The van der Waals surface area contributed by atoms with Crippen LogP contribution in [0.25, 0.3) is 11.3 Å². The van der Waals surface area contributed by atoms with Gasteiger partial charge < -0.3 is 9.72 Å². The van der Waals surface area contributed by atoms with E-state index >= 15 is 0 Å². The zero-order valence-corrected chi connectivity index (χ0v) is 14.8. The van der Waals surface area contributed by atoms with E-state index in [4.69, 9.17) is 4.74 Å². The van der Waals surface area contributed by atoms with Crippen LogP contribution >= 0.6 is 0 Å². The number of pyridine rings is 2. The van der Waals surface area contributed by atoms with Gasteiger partial charge in [-0.1, -0.05) is 6.07 Å². The van der Waals surface area contributed by atoms with E-state index in [-0.39, 0.29) is 5.43 Å². The second-order valence-electron chi connectivity index (χ2n) is 6.75. The Morgan fingerprint density at radius 3 is 2.85 bits per heavy atom. The lowest BCUT2D eigenvalue weighted by atomic mass is 10.2. The fourth-order valence-electron chi connectivity index (χ4n) is 3.02. The van der Waals surface area contributed by atoms with Gasteiger partial charge in [-0.15, -0.1) is 0 Å². The summed E-state index contributed by atoms with van der Waals surface area (Å²) in [6.45, 7) is 4.43. The molecule has 0 bridgehead atoms. The summed E-state index contributed by atoms with van der Waals surface area (Å²) in [5.41, 5.74) is 3.56. The average Bonchev–Trinajstić information content (AvgIpc) is 3.40. The largest absolute Gasteiger partial charge is 0.477 e. The lowest BCUT2D eigenvalue weighted by Gasteiger charge is -2.10. The molecule has 1 saturated carbocycles. The number of nitrogens with zero attached hydrogens (tertiary/aromatic N) is 3. The van der Waals surface area contributed by atoms with Crippen LogP contribution in [0.15, 0.2) is 47.7 Å². The van der Waals surface area contributed by atoms with E-state index in [1.54, 1.807) is 12.4 Å². The topological polar surface area (TPSA) is 80.8 Å². The molecule has 0 aromatic carbocycles. The maximum absolute atomic E-state index is 11.6. The molecule has 1 aliphatic rings. The number of ether oxygens (including phenoxy) is 1. The van der Waals surface area contributed by atoms with Crippen LogP contribution < -0.4 is 10.2 Å². The van der Waals surface area contributed by atoms with E-state index in [0.717, 1.165) is 12.1 Å². The third kappa shape index (κ3) is 3.49. The number of hydrogen-bond acceptors (Lipinski definition) is 5. The Hall–Kier alpha value is -3.02. The Kier molecular flexibility index (Phi) is 4.24. The highest BCUT2D eigenvalue weighted by Gasteiger charge is 2.40. The second kappa shape index (κ2) is 6.71. The first-order chi connectivity index (χ1) is 12.6. The first-order valence-electron chi connectivity index (χ1n) is 8.68. The number of aromatic nitrogens is 4. The molecule has 4 rings (SSSR count). The van der Waals surface area contributed by atoms with Crippen molar-refractivity contribution < 1.29 is 4.74 Å². The van der Waals surface area contributed by atoms with Gasteiger partial charge in [-0.05, 0) is 31.9 Å². The Morgan fingerprint density at radius 1 is 1.19 bits per heavy atom. The lowest BCUT2D eigenvalue weighted by molar-refractivity contribution is 0.285. The molecule has 0 radical (unpaired) electrons. The molecule has 6 heteroatoms. The second-order valence-corrected chi connectivity index (χ2v) is 6.75. The number of aryl methyl sites for hydroxylation is 2. The molecule has 0 amide bonds. The molecule has 1 unspecified atom stereocenters. The van der Waals surface area contributed by atoms with Crippen LogP contribution in [0.3, 0.4) is 0 Å². The Bertz CT molecular complexity index is 982. The SMILES string of the molecule is Cc1ccc([C@@H]2CC2COc2nc(C)ncc2-c2cc(=O)cc[nH]2)nc1. The van der Waals surface area contributed by atoms with Gasteiger partial charge >= 0.3 is 0 Å². The van der Waals surface area contributed by atoms with Gasteiger partial charge in [0.1, 0.15) is 5.82 Å². The third-order valence-electron chi connectivity index (χ3n) is 4.61. The number of H-pyrrole nitrogens is 1. The van der Waals surface area contributed by atoms with Gasteiger partial charge in [0.2, 0.25) is 5.88 Å². The van der Waals surface area contributed by atoms with Crippen LogP contribution in [-0.2, 0) is 0 Å². The van der Waals surface area contributed by atoms with Gasteiger partial charge in [0.25, 0.3) is 0 Å². The van der Waals surface area contributed by atoms with E-state index in [2.05, 4.69) is 32.1 Å². The fraction of sp³-hybridized carbons (Fsp3) is 0.300. The number of rotatable bonds is 5. The molecular formula is C20H20N4O2. The summed E-state index contributed by atoms with van der Waals surface area (Å²) in [4.78, 5) is 27.9. The van der Waals surface area contributed by atoms with Crippen LogP contribution in [0.1, 0.15) is 29.4 Å². The minimum atomic E-state index is -0.0713. The predicted molar refractivity (Wildman–Crippen MR) is 98.1 cm³/mol. The Labute approximate surface area is 151 Å². The highest BCUT2D eigenvalue weighted by molar-refractivity contribution is 5.63. The average molecular weight is 348 g/mol. The summed E-state index contributed by atoms with van der Waals surface area (Å²) >= 11 is 0. The molecule has 1 aliphatic carbocycles. The van der Waals surface area contributed by atoms with Crippen molar-refractivity contribution >= 4 is 0 Å². The highest BCUT2D eigenvalue weighted by atomic mass is 16.5. The van der Waals surface area contributed by atoms with Crippen molar-refractivity contribution in [3.8, 4) is 17.1 Å². The van der Waals surface area contributed by atoms with Crippen molar-refractivity contribution in [1.82, 2.24) is 19.9 Å². The maximum Gasteiger partial charge on any atom is 0.226 e. The van der Waals surface area contributed by atoms with Gasteiger partial charge in [-0.3, -0.25) is 9.78 Å². The molecule has 3 aromatic heterocycles. The lowest BCUT2D eigenvalue weighted by Crippen LogP contribution is -2.07. The molecule has 0 aliphatic heterocycles. The van der Waals surface area contributed by atoms with Gasteiger partial charge in [0.15, 0.2) is 5.43 Å². The molecule has 2 atom stereocenters. The van der Waals surface area contributed by atoms with E-state index in [9.17, 15) is 4.79 Å². The quantitative estimate of drug-likeness (QED) is 0.766. The van der Waals surface area contributed by atoms with Crippen molar-refractivity contribution in [2.45, 2.75) is 26.2 Å². The molecule has 3 heterocycles. The fourth-order valence-corrected chi connectivity index (χ4v) is 3.02. The molecule has 1 N–H and O–H groups in total. The number of nitrogens with one attached hydrogen (secondary N) is 1. The predicted octanol–water partition coefficient (Wildman–Crippen LogP) is 3.03. The van der Waals surface area contributed by atoms with E-state index in [0.29, 0.717) is 41.4 Å². The maximum atomic E-state index is 11.6.